The number of thioether (sulfide) groups is 1. The molecule has 2 aromatic rings. The summed E-state index contributed by atoms with van der Waals surface area (Å²) >= 11 is 9.63. The summed E-state index contributed by atoms with van der Waals surface area (Å²) < 4.78 is 12.2. The van der Waals surface area contributed by atoms with Crippen molar-refractivity contribution in [1.82, 2.24) is 4.90 Å². The van der Waals surface area contributed by atoms with E-state index in [9.17, 15) is 9.59 Å². The Hall–Kier alpha value is -2.87. The van der Waals surface area contributed by atoms with Gasteiger partial charge in [-0.1, -0.05) is 36.1 Å². The molecule has 0 bridgehead atoms. The molecule has 1 saturated heterocycles. The quantitative estimate of drug-likeness (QED) is 0.430. The second kappa shape index (κ2) is 9.96. The molecule has 0 atom stereocenters. The minimum absolute atomic E-state index is 0.201. The number of nitrogens with zero attached hydrogens (tertiary/aromatic N) is 2. The third kappa shape index (κ3) is 5.44. The van der Waals surface area contributed by atoms with Crippen LogP contribution in [0.2, 0.25) is 0 Å². The van der Waals surface area contributed by atoms with Gasteiger partial charge in [-0.05, 0) is 57.4 Å². The van der Waals surface area contributed by atoms with E-state index in [1.807, 2.05) is 12.1 Å². The van der Waals surface area contributed by atoms with Crippen LogP contribution in [-0.4, -0.2) is 39.9 Å². The van der Waals surface area contributed by atoms with Gasteiger partial charge in [-0.25, -0.2) is 0 Å². The zero-order valence-electron chi connectivity index (χ0n) is 16.1. The fourth-order valence-corrected chi connectivity index (χ4v) is 4.55. The van der Waals surface area contributed by atoms with Crippen LogP contribution in [0.25, 0.3) is 6.08 Å². The normalized spacial score (nSPS) is 14.6. The van der Waals surface area contributed by atoms with Crippen molar-refractivity contribution in [2.45, 2.75) is 6.61 Å². The molecule has 1 N–H and O–H groups in total. The minimum atomic E-state index is -1.13. The van der Waals surface area contributed by atoms with Crippen molar-refractivity contribution in [1.29, 1.82) is 5.26 Å². The molecule has 31 heavy (non-hydrogen) atoms. The van der Waals surface area contributed by atoms with Gasteiger partial charge in [0.1, 0.15) is 17.5 Å². The van der Waals surface area contributed by atoms with Crippen LogP contribution in [0.4, 0.5) is 0 Å². The lowest BCUT2D eigenvalue weighted by atomic mass is 10.1. The lowest BCUT2D eigenvalue weighted by molar-refractivity contribution is -0.140. The van der Waals surface area contributed by atoms with Crippen molar-refractivity contribution in [3.63, 3.8) is 0 Å². The Morgan fingerprint density at radius 1 is 1.35 bits per heavy atom. The maximum atomic E-state index is 12.5. The third-order valence-corrected chi connectivity index (χ3v) is 6.15. The van der Waals surface area contributed by atoms with Crippen molar-refractivity contribution in [2.75, 3.05) is 13.7 Å². The fraction of sp³-hybridized carbons (Fsp3) is 0.143. The Bertz CT molecular complexity index is 1130. The van der Waals surface area contributed by atoms with Crippen LogP contribution in [0.5, 0.6) is 11.5 Å². The molecule has 1 aliphatic rings. The number of hydrogen-bond acceptors (Lipinski definition) is 7. The van der Waals surface area contributed by atoms with Crippen molar-refractivity contribution < 1.29 is 24.2 Å². The van der Waals surface area contributed by atoms with Gasteiger partial charge in [0, 0.05) is 0 Å². The average molecular weight is 519 g/mol. The van der Waals surface area contributed by atoms with Gasteiger partial charge in [0.15, 0.2) is 11.5 Å². The number of methoxy groups -OCH3 is 1. The van der Waals surface area contributed by atoms with Gasteiger partial charge >= 0.3 is 5.97 Å². The molecular weight excluding hydrogens is 504 g/mol. The summed E-state index contributed by atoms with van der Waals surface area (Å²) in [6.07, 6.45) is 1.62. The van der Waals surface area contributed by atoms with Crippen molar-refractivity contribution in [2.24, 2.45) is 0 Å². The van der Waals surface area contributed by atoms with Gasteiger partial charge in [-0.2, -0.15) is 5.26 Å². The van der Waals surface area contributed by atoms with E-state index in [1.54, 1.807) is 30.3 Å². The molecule has 10 heteroatoms. The van der Waals surface area contributed by atoms with Gasteiger partial charge < -0.3 is 14.6 Å². The number of thiocarbonyl (C=S) groups is 1. The van der Waals surface area contributed by atoms with E-state index in [4.69, 9.17) is 32.1 Å². The number of carboxylic acid groups (broad SMARTS) is 1. The van der Waals surface area contributed by atoms with Gasteiger partial charge in [0.05, 0.1) is 28.1 Å². The molecule has 2 aromatic carbocycles. The van der Waals surface area contributed by atoms with E-state index in [2.05, 4.69) is 22.0 Å². The topological polar surface area (TPSA) is 99.9 Å². The first-order chi connectivity index (χ1) is 14.8. The second-order valence-electron chi connectivity index (χ2n) is 6.29. The molecule has 7 nitrogen and oxygen atoms in total. The van der Waals surface area contributed by atoms with Crippen LogP contribution >= 0.6 is 39.9 Å². The Balaban J connectivity index is 1.81. The Morgan fingerprint density at radius 2 is 2.06 bits per heavy atom. The fourth-order valence-electron chi connectivity index (χ4n) is 2.72. The lowest BCUT2D eigenvalue weighted by Gasteiger charge is -2.14. The summed E-state index contributed by atoms with van der Waals surface area (Å²) in [4.78, 5) is 24.8. The van der Waals surface area contributed by atoms with Crippen molar-refractivity contribution >= 4 is 62.2 Å². The largest absolute Gasteiger partial charge is 0.493 e. The number of halogens is 1. The molecular formula is C21H15BrN2O5S2. The maximum absolute atomic E-state index is 12.5. The summed E-state index contributed by atoms with van der Waals surface area (Å²) in [5.74, 6) is -0.642. The number of benzene rings is 2. The highest BCUT2D eigenvalue weighted by molar-refractivity contribution is 9.10. The molecule has 3 rings (SSSR count). The molecule has 0 radical (unpaired) electrons. The molecule has 1 fully saturated rings. The second-order valence-corrected chi connectivity index (χ2v) is 8.82. The van der Waals surface area contributed by atoms with Crippen LogP contribution in [0.1, 0.15) is 16.7 Å². The Morgan fingerprint density at radius 3 is 2.68 bits per heavy atom. The monoisotopic (exact) mass is 518 g/mol. The van der Waals surface area contributed by atoms with E-state index in [1.165, 1.54) is 7.11 Å². The minimum Gasteiger partial charge on any atom is -0.493 e. The number of ether oxygens (including phenoxy) is 2. The molecule has 0 saturated carbocycles. The molecule has 0 aromatic heterocycles. The molecule has 1 heterocycles. The smallest absolute Gasteiger partial charge is 0.323 e. The van der Waals surface area contributed by atoms with Crippen molar-refractivity contribution in [3.05, 3.63) is 62.5 Å². The summed E-state index contributed by atoms with van der Waals surface area (Å²) in [5.41, 5.74) is 2.12. The molecule has 1 amide bonds. The molecule has 0 unspecified atom stereocenters. The lowest BCUT2D eigenvalue weighted by Crippen LogP contribution is -2.33. The summed E-state index contributed by atoms with van der Waals surface area (Å²) in [7, 11) is 1.51. The SMILES string of the molecule is COc1cc(/C=C2\SC(=S)N(CC(=O)O)C2=O)cc(Br)c1OCc1ccc(C#N)cc1. The maximum Gasteiger partial charge on any atom is 0.323 e. The number of carbonyl (C=O) groups is 2. The Labute approximate surface area is 196 Å². The summed E-state index contributed by atoms with van der Waals surface area (Å²) in [6.45, 7) is -0.203. The van der Waals surface area contributed by atoms with Crippen LogP contribution in [-0.2, 0) is 16.2 Å². The van der Waals surface area contributed by atoms with Gasteiger partial charge in [0.2, 0.25) is 0 Å². The number of aliphatic carboxylic acids is 1. The molecule has 158 valence electrons. The first kappa shape index (κ1) is 22.8. The van der Waals surface area contributed by atoms with Crippen LogP contribution in [0, 0.1) is 11.3 Å². The van der Waals surface area contributed by atoms with E-state index in [-0.39, 0.29) is 10.9 Å². The third-order valence-electron chi connectivity index (χ3n) is 4.18. The number of carboxylic acids is 1. The zero-order valence-corrected chi connectivity index (χ0v) is 19.3. The van der Waals surface area contributed by atoms with Crippen molar-refractivity contribution in [3.8, 4) is 17.6 Å². The molecule has 0 spiro atoms. The van der Waals surface area contributed by atoms with Crippen LogP contribution in [0.3, 0.4) is 0 Å². The number of nitriles is 1. The predicted octanol–water partition coefficient (Wildman–Crippen LogP) is 4.19. The highest BCUT2D eigenvalue weighted by Gasteiger charge is 2.33. The highest BCUT2D eigenvalue weighted by atomic mass is 79.9. The molecule has 1 aliphatic heterocycles. The van der Waals surface area contributed by atoms with Gasteiger partial charge in [-0.15, -0.1) is 0 Å². The van der Waals surface area contributed by atoms with E-state index in [0.717, 1.165) is 22.2 Å². The zero-order chi connectivity index (χ0) is 22.5. The number of rotatable bonds is 7. The highest BCUT2D eigenvalue weighted by Crippen LogP contribution is 2.39. The molecule has 0 aliphatic carbocycles. The van der Waals surface area contributed by atoms with E-state index >= 15 is 0 Å². The number of hydrogen-bond donors (Lipinski definition) is 1. The summed E-state index contributed by atoms with van der Waals surface area (Å²) in [6, 6.07) is 12.6. The first-order valence-corrected chi connectivity index (χ1v) is 10.8. The Kier molecular flexibility index (Phi) is 7.33. The number of amides is 1. The predicted molar refractivity (Wildman–Crippen MR) is 124 cm³/mol. The van der Waals surface area contributed by atoms with Gasteiger partial charge in [-0.3, -0.25) is 14.5 Å². The average Bonchev–Trinajstić information content (AvgIpc) is 3.00. The van der Waals surface area contributed by atoms with E-state index < -0.39 is 18.4 Å². The van der Waals surface area contributed by atoms with Crippen LogP contribution < -0.4 is 9.47 Å². The number of carbonyl (C=O) groups excluding carboxylic acids is 1. The van der Waals surface area contributed by atoms with Crippen LogP contribution in [0.15, 0.2) is 45.8 Å². The first-order valence-electron chi connectivity index (χ1n) is 8.79. The summed E-state index contributed by atoms with van der Waals surface area (Å²) in [5, 5.41) is 17.8. The standard InChI is InChI=1S/C21H15BrN2O5S2/c1-28-16-7-14(8-17-20(27)24(10-18(25)26)21(30)31-17)6-15(22)19(16)29-11-13-4-2-12(9-23)3-5-13/h2-8H,10-11H2,1H3,(H,25,26)/b17-8-. The van der Waals surface area contributed by atoms with Gasteiger partial charge in [0.25, 0.3) is 5.91 Å². The van der Waals surface area contributed by atoms with E-state index in [0.29, 0.717) is 32.0 Å².